The van der Waals surface area contributed by atoms with Gasteiger partial charge in [0.05, 0.1) is 12.2 Å². The van der Waals surface area contributed by atoms with Crippen LogP contribution in [0.15, 0.2) is 0 Å². The SMILES string of the molecule is C.CC[C@H]1NC(=O)[C@@H](C2OC(C)C[C@H]2C)N(C)C(=O)[C@@H](C(C)C)N(C)C(=O)[C@@H](CC(C)C)N(C)C(=O)[C@@H](CC(C)C)N(C)C(=O)[C@H](C)NC(=O)[C@@H](C)NC(=O)[C@@H](CC(C)C)N(C)C(=O)[C@@H](C(C)C)NC(=O)[C@H](CC(C)C)N(C)C(=O)[C@@H](C)N(C)C1=O. The number of nitrogens with zero attached hydrogens (tertiary/aromatic N) is 7. The summed E-state index contributed by atoms with van der Waals surface area (Å²) in [4.78, 5) is 170. The Hall–Kier alpha value is -5.87. The van der Waals surface area contributed by atoms with Gasteiger partial charge in [0.2, 0.25) is 65.0 Å². The fraction of sp³-hybridized carbons (Fsp3) is 0.825. The van der Waals surface area contributed by atoms with Gasteiger partial charge in [-0.1, -0.05) is 104 Å². The van der Waals surface area contributed by atoms with E-state index in [-0.39, 0.29) is 75.2 Å². The van der Waals surface area contributed by atoms with Crippen LogP contribution in [0, 0.1) is 41.4 Å². The molecule has 23 nitrogen and oxygen atoms in total. The lowest BCUT2D eigenvalue weighted by molar-refractivity contribution is -0.158. The summed E-state index contributed by atoms with van der Waals surface area (Å²) in [6.07, 6.45) is 0.209. The summed E-state index contributed by atoms with van der Waals surface area (Å²) in [7, 11) is 10.2. The van der Waals surface area contributed by atoms with Crippen LogP contribution in [0.3, 0.4) is 0 Å². The van der Waals surface area contributed by atoms with Gasteiger partial charge in [-0.2, -0.15) is 0 Å². The Kier molecular flexibility index (Phi) is 30.9. The van der Waals surface area contributed by atoms with E-state index >= 15 is 9.59 Å². The molecule has 2 aliphatic heterocycles. The van der Waals surface area contributed by atoms with E-state index in [9.17, 15) is 43.2 Å². The molecule has 494 valence electrons. The van der Waals surface area contributed by atoms with Crippen molar-refractivity contribution < 1.29 is 57.5 Å². The van der Waals surface area contributed by atoms with E-state index in [4.69, 9.17) is 4.74 Å². The molecule has 86 heavy (non-hydrogen) atoms. The van der Waals surface area contributed by atoms with Crippen molar-refractivity contribution in [3.8, 4) is 0 Å². The molecular weight excluding hydrogens is 1100 g/mol. The molecule has 0 saturated carbocycles. The second-order valence-corrected chi connectivity index (χ2v) is 26.8. The van der Waals surface area contributed by atoms with E-state index in [1.165, 1.54) is 104 Å². The number of amides is 11. The van der Waals surface area contributed by atoms with Crippen molar-refractivity contribution in [1.29, 1.82) is 0 Å². The normalized spacial score (nSPS) is 30.1. The zero-order chi connectivity index (χ0) is 65.7. The Balaban J connectivity index is 0.0000370. The third kappa shape index (κ3) is 20.1. The second kappa shape index (κ2) is 34.0. The predicted octanol–water partition coefficient (Wildman–Crippen LogP) is 4.14. The Morgan fingerprint density at radius 3 is 1.24 bits per heavy atom. The molecule has 0 aromatic rings. The summed E-state index contributed by atoms with van der Waals surface area (Å²) in [6, 6.07) is -12.9. The molecule has 2 rings (SSSR count). The molecule has 2 fully saturated rings. The van der Waals surface area contributed by atoms with E-state index in [0.29, 0.717) is 6.42 Å². The molecule has 0 bridgehead atoms. The first-order valence-electron chi connectivity index (χ1n) is 30.9. The molecule has 14 atom stereocenters. The molecule has 2 saturated heterocycles. The van der Waals surface area contributed by atoms with Crippen LogP contribution in [-0.4, -0.2) is 227 Å². The standard InChI is InChI=1S/C62H111N11O12.CH4/c1-26-43-58(80)67(19)42(18)57(79)68(20)45(28-33(4)5)54(76)66-48(36(10)11)61(83)69(21)44(27-32(2)3)53(75)63-40(16)52(74)64-41(17)56(78)70(22)46(29-34(6)7)59(81)71(23)47(30-35(8)9)60(82)72(24)49(37(12)13)62(84)73(25)50(55(77)65-43)51-38(14)31-39(15)85-51;/h32-51H,26-31H2,1-25H3,(H,63,75)(H,64,74)(H,65,77)(H,66,76);1H4/t38-,39?,40-,41+,42-,43-,44-,45+,46-,47-,48-,49-,50-,51?;/m1./s1. The van der Waals surface area contributed by atoms with Crippen LogP contribution in [0.1, 0.15) is 171 Å². The van der Waals surface area contributed by atoms with Gasteiger partial charge in [-0.3, -0.25) is 52.7 Å². The molecule has 0 radical (unpaired) electrons. The molecule has 4 N–H and O–H groups in total. The Morgan fingerprint density at radius 1 is 0.419 bits per heavy atom. The number of hydrogen-bond acceptors (Lipinski definition) is 12. The summed E-state index contributed by atoms with van der Waals surface area (Å²) in [5.41, 5.74) is 0. The average Bonchev–Trinajstić information content (AvgIpc) is 3.57. The lowest BCUT2D eigenvalue weighted by Crippen LogP contribution is -2.63. The highest BCUT2D eigenvalue weighted by atomic mass is 16.5. The molecule has 0 spiro atoms. The highest BCUT2D eigenvalue weighted by Gasteiger charge is 2.48. The minimum absolute atomic E-state index is 0. The third-order valence-corrected chi connectivity index (χ3v) is 16.9. The van der Waals surface area contributed by atoms with Crippen molar-refractivity contribution in [2.24, 2.45) is 41.4 Å². The highest BCUT2D eigenvalue weighted by molar-refractivity contribution is 6.00. The zero-order valence-corrected chi connectivity index (χ0v) is 56.3. The Bertz CT molecular complexity index is 2350. The second-order valence-electron chi connectivity index (χ2n) is 26.8. The molecular formula is C63H115N11O12. The molecule has 0 aliphatic carbocycles. The molecule has 23 heteroatoms. The van der Waals surface area contributed by atoms with Gasteiger partial charge in [-0.05, 0) is 108 Å². The van der Waals surface area contributed by atoms with E-state index in [2.05, 4.69) is 21.3 Å². The van der Waals surface area contributed by atoms with Gasteiger partial charge in [-0.25, -0.2) is 0 Å². The summed E-state index contributed by atoms with van der Waals surface area (Å²) in [5, 5.41) is 11.2. The fourth-order valence-electron chi connectivity index (χ4n) is 11.6. The molecule has 0 aromatic carbocycles. The van der Waals surface area contributed by atoms with Crippen LogP contribution in [0.2, 0.25) is 0 Å². The van der Waals surface area contributed by atoms with Gasteiger partial charge in [0.25, 0.3) is 0 Å². The van der Waals surface area contributed by atoms with Crippen molar-refractivity contribution in [3.05, 3.63) is 0 Å². The van der Waals surface area contributed by atoms with E-state index < -0.39 is 149 Å². The molecule has 2 aliphatic rings. The lowest BCUT2D eigenvalue weighted by Gasteiger charge is -2.41. The molecule has 2 heterocycles. The van der Waals surface area contributed by atoms with E-state index in [1.54, 1.807) is 34.6 Å². The van der Waals surface area contributed by atoms with Crippen LogP contribution in [0.4, 0.5) is 0 Å². The maximum absolute atomic E-state index is 15.2. The highest BCUT2D eigenvalue weighted by Crippen LogP contribution is 2.32. The van der Waals surface area contributed by atoms with Gasteiger partial charge >= 0.3 is 0 Å². The number of carbonyl (C=O) groups excluding carboxylic acids is 11. The minimum atomic E-state index is -1.31. The zero-order valence-electron chi connectivity index (χ0n) is 56.3. The number of ether oxygens (including phenoxy) is 1. The number of carbonyl (C=O) groups is 11. The van der Waals surface area contributed by atoms with Crippen LogP contribution in [-0.2, 0) is 57.5 Å². The van der Waals surface area contributed by atoms with Gasteiger partial charge in [0.1, 0.15) is 66.5 Å². The summed E-state index contributed by atoms with van der Waals surface area (Å²) in [6.45, 7) is 32.0. The van der Waals surface area contributed by atoms with Gasteiger partial charge in [-0.15, -0.1) is 0 Å². The van der Waals surface area contributed by atoms with Crippen LogP contribution in [0.25, 0.3) is 0 Å². The lowest BCUT2D eigenvalue weighted by atomic mass is 9.92. The molecule has 11 amide bonds. The van der Waals surface area contributed by atoms with E-state index in [1.807, 2.05) is 69.2 Å². The quantitative estimate of drug-likeness (QED) is 0.215. The summed E-state index contributed by atoms with van der Waals surface area (Å²) >= 11 is 0. The van der Waals surface area contributed by atoms with Crippen molar-refractivity contribution in [1.82, 2.24) is 55.6 Å². The number of hydrogen-bond donors (Lipinski definition) is 4. The Labute approximate surface area is 516 Å². The maximum atomic E-state index is 15.2. The van der Waals surface area contributed by atoms with Crippen molar-refractivity contribution >= 4 is 65.0 Å². The van der Waals surface area contributed by atoms with E-state index in [0.717, 1.165) is 0 Å². The summed E-state index contributed by atoms with van der Waals surface area (Å²) < 4.78 is 6.38. The predicted molar refractivity (Wildman–Crippen MR) is 333 cm³/mol. The Morgan fingerprint density at radius 2 is 0.826 bits per heavy atom. The van der Waals surface area contributed by atoms with Crippen LogP contribution in [0.5, 0.6) is 0 Å². The topological polar surface area (TPSA) is 268 Å². The fourth-order valence-corrected chi connectivity index (χ4v) is 11.6. The number of nitrogens with one attached hydrogen (secondary N) is 4. The maximum Gasteiger partial charge on any atom is 0.246 e. The monoisotopic (exact) mass is 1220 g/mol. The first-order valence-corrected chi connectivity index (χ1v) is 30.9. The van der Waals surface area contributed by atoms with Crippen LogP contribution >= 0.6 is 0 Å². The van der Waals surface area contributed by atoms with Crippen molar-refractivity contribution in [2.45, 2.75) is 249 Å². The molecule has 2 unspecified atom stereocenters. The summed E-state index contributed by atoms with van der Waals surface area (Å²) in [5.74, 6) is -8.68. The average molecular weight is 1220 g/mol. The minimum Gasteiger partial charge on any atom is -0.372 e. The largest absolute Gasteiger partial charge is 0.372 e. The van der Waals surface area contributed by atoms with Gasteiger partial charge in [0.15, 0.2) is 0 Å². The smallest absolute Gasteiger partial charge is 0.246 e. The van der Waals surface area contributed by atoms with Crippen LogP contribution < -0.4 is 21.3 Å². The van der Waals surface area contributed by atoms with Crippen molar-refractivity contribution in [3.63, 3.8) is 0 Å². The van der Waals surface area contributed by atoms with Crippen molar-refractivity contribution in [2.75, 3.05) is 49.3 Å². The van der Waals surface area contributed by atoms with Gasteiger partial charge < -0.3 is 60.3 Å². The number of rotatable bonds is 12. The molecule has 0 aromatic heterocycles. The first kappa shape index (κ1) is 78.1. The first-order chi connectivity index (χ1) is 39.2. The van der Waals surface area contributed by atoms with Gasteiger partial charge in [0, 0.05) is 49.3 Å². The number of likely N-dealkylation sites (N-methyl/N-ethyl adjacent to an activating group) is 7. The third-order valence-electron chi connectivity index (χ3n) is 16.9.